The fraction of sp³-hybridized carbons (Fsp3) is 0.765. The SMILES string of the molecule is Cn1ccnc(N2CCC[C@@H](NC3CCC(C(F)(F)F)CC3)C2)c1=O. The van der Waals surface area contributed by atoms with Crippen LogP contribution in [0.2, 0.25) is 0 Å². The molecule has 1 aliphatic carbocycles. The molecule has 0 spiro atoms. The number of nitrogens with one attached hydrogen (secondary N) is 1. The van der Waals surface area contributed by atoms with E-state index in [9.17, 15) is 18.0 Å². The van der Waals surface area contributed by atoms with Gasteiger partial charge in [0, 0.05) is 44.6 Å². The minimum atomic E-state index is -4.06. The zero-order valence-corrected chi connectivity index (χ0v) is 14.4. The first-order chi connectivity index (χ1) is 11.8. The molecule has 1 aromatic rings. The number of hydrogen-bond donors (Lipinski definition) is 1. The van der Waals surface area contributed by atoms with Crippen molar-refractivity contribution in [2.45, 2.75) is 56.8 Å². The Kier molecular flexibility index (Phi) is 5.36. The van der Waals surface area contributed by atoms with E-state index in [2.05, 4.69) is 10.3 Å². The van der Waals surface area contributed by atoms with E-state index in [0.717, 1.165) is 19.4 Å². The van der Waals surface area contributed by atoms with Crippen LogP contribution in [0, 0.1) is 5.92 Å². The Morgan fingerprint density at radius 2 is 1.88 bits per heavy atom. The van der Waals surface area contributed by atoms with Crippen LogP contribution in [0.15, 0.2) is 17.2 Å². The van der Waals surface area contributed by atoms with E-state index < -0.39 is 12.1 Å². The van der Waals surface area contributed by atoms with Gasteiger partial charge in [0.2, 0.25) is 0 Å². The Balaban J connectivity index is 1.56. The second-order valence-electron chi connectivity index (χ2n) is 7.21. The van der Waals surface area contributed by atoms with Crippen LogP contribution in [-0.4, -0.2) is 40.9 Å². The number of aryl methyl sites for hydroxylation is 1. The van der Waals surface area contributed by atoms with Crippen LogP contribution in [0.3, 0.4) is 0 Å². The highest BCUT2D eigenvalue weighted by molar-refractivity contribution is 5.36. The first-order valence-corrected chi connectivity index (χ1v) is 8.94. The molecule has 2 heterocycles. The van der Waals surface area contributed by atoms with Crippen molar-refractivity contribution in [2.75, 3.05) is 18.0 Å². The molecular weight excluding hydrogens is 333 g/mol. The molecule has 1 N–H and O–H groups in total. The van der Waals surface area contributed by atoms with Crippen molar-refractivity contribution in [3.05, 3.63) is 22.7 Å². The van der Waals surface area contributed by atoms with E-state index in [4.69, 9.17) is 0 Å². The molecule has 0 radical (unpaired) electrons. The summed E-state index contributed by atoms with van der Waals surface area (Å²) in [4.78, 5) is 18.4. The summed E-state index contributed by atoms with van der Waals surface area (Å²) in [5.74, 6) is -0.692. The molecule has 1 saturated heterocycles. The van der Waals surface area contributed by atoms with Gasteiger partial charge in [0.25, 0.3) is 5.56 Å². The first-order valence-electron chi connectivity index (χ1n) is 8.94. The van der Waals surface area contributed by atoms with E-state index >= 15 is 0 Å². The van der Waals surface area contributed by atoms with Gasteiger partial charge in [-0.2, -0.15) is 13.2 Å². The number of anilines is 1. The topological polar surface area (TPSA) is 50.2 Å². The largest absolute Gasteiger partial charge is 0.391 e. The standard InChI is InChI=1S/C17H25F3N4O/c1-23-10-8-21-15(16(23)25)24-9-2-3-14(11-24)22-13-6-4-12(5-7-13)17(18,19)20/h8,10,12-14,22H,2-7,9,11H2,1H3/t12?,13?,14-/m1/s1. The van der Waals surface area contributed by atoms with Gasteiger partial charge >= 0.3 is 6.18 Å². The van der Waals surface area contributed by atoms with Gasteiger partial charge in [0.05, 0.1) is 5.92 Å². The third-order valence-corrected chi connectivity index (χ3v) is 5.38. The minimum absolute atomic E-state index is 0.117. The zero-order chi connectivity index (χ0) is 18.0. The smallest absolute Gasteiger partial charge is 0.350 e. The summed E-state index contributed by atoms with van der Waals surface area (Å²) < 4.78 is 39.8. The fourth-order valence-corrected chi connectivity index (χ4v) is 3.93. The number of hydrogen-bond acceptors (Lipinski definition) is 4. The molecule has 0 bridgehead atoms. The number of aromatic nitrogens is 2. The maximum Gasteiger partial charge on any atom is 0.391 e. The lowest BCUT2D eigenvalue weighted by Crippen LogP contribution is -2.51. The van der Waals surface area contributed by atoms with Crippen LogP contribution in [0.4, 0.5) is 19.0 Å². The summed E-state index contributed by atoms with van der Waals surface area (Å²) in [5, 5.41) is 3.52. The molecule has 2 fully saturated rings. The van der Waals surface area contributed by atoms with Crippen molar-refractivity contribution in [3.63, 3.8) is 0 Å². The second kappa shape index (κ2) is 7.35. The average Bonchev–Trinajstić information content (AvgIpc) is 2.57. The normalized spacial score (nSPS) is 28.2. The van der Waals surface area contributed by atoms with Gasteiger partial charge in [-0.1, -0.05) is 0 Å². The summed E-state index contributed by atoms with van der Waals surface area (Å²) in [7, 11) is 1.70. The number of nitrogens with zero attached hydrogens (tertiary/aromatic N) is 3. The van der Waals surface area contributed by atoms with Crippen molar-refractivity contribution in [1.29, 1.82) is 0 Å². The number of rotatable bonds is 3. The Bertz CT molecular complexity index is 638. The lowest BCUT2D eigenvalue weighted by atomic mass is 9.85. The molecule has 1 aliphatic heterocycles. The van der Waals surface area contributed by atoms with E-state index in [1.165, 1.54) is 4.57 Å². The lowest BCUT2D eigenvalue weighted by molar-refractivity contribution is -0.182. The van der Waals surface area contributed by atoms with Crippen molar-refractivity contribution in [1.82, 2.24) is 14.9 Å². The van der Waals surface area contributed by atoms with Crippen LogP contribution >= 0.6 is 0 Å². The highest BCUT2D eigenvalue weighted by Gasteiger charge is 2.41. The number of halogens is 3. The molecule has 1 atom stereocenters. The summed E-state index contributed by atoms with van der Waals surface area (Å²) in [6, 6.07) is 0.322. The van der Waals surface area contributed by atoms with Gasteiger partial charge in [0.1, 0.15) is 0 Å². The van der Waals surface area contributed by atoms with E-state index in [1.807, 2.05) is 4.90 Å². The molecule has 140 valence electrons. The fourth-order valence-electron chi connectivity index (χ4n) is 3.93. The monoisotopic (exact) mass is 358 g/mol. The third-order valence-electron chi connectivity index (χ3n) is 5.38. The summed E-state index contributed by atoms with van der Waals surface area (Å²) in [6.07, 6.45) is 2.63. The molecule has 1 saturated carbocycles. The van der Waals surface area contributed by atoms with Crippen molar-refractivity contribution >= 4 is 5.82 Å². The van der Waals surface area contributed by atoms with Gasteiger partial charge in [0.15, 0.2) is 5.82 Å². The van der Waals surface area contributed by atoms with Crippen LogP contribution in [-0.2, 0) is 7.05 Å². The molecule has 0 unspecified atom stereocenters. The first kappa shape index (κ1) is 18.2. The Labute approximate surface area is 145 Å². The number of piperidine rings is 1. The predicted octanol–water partition coefficient (Wildman–Crippen LogP) is 2.46. The molecule has 1 aromatic heterocycles. The minimum Gasteiger partial charge on any atom is -0.350 e. The Morgan fingerprint density at radius 3 is 2.56 bits per heavy atom. The molecule has 2 aliphatic rings. The highest BCUT2D eigenvalue weighted by atomic mass is 19.4. The zero-order valence-electron chi connectivity index (χ0n) is 14.4. The van der Waals surface area contributed by atoms with Crippen molar-refractivity contribution < 1.29 is 13.2 Å². The van der Waals surface area contributed by atoms with Crippen LogP contribution in [0.25, 0.3) is 0 Å². The van der Waals surface area contributed by atoms with Gasteiger partial charge in [-0.3, -0.25) is 4.79 Å². The van der Waals surface area contributed by atoms with Crippen LogP contribution in [0.5, 0.6) is 0 Å². The van der Waals surface area contributed by atoms with Crippen LogP contribution < -0.4 is 15.8 Å². The van der Waals surface area contributed by atoms with E-state index in [0.29, 0.717) is 25.2 Å². The highest BCUT2D eigenvalue weighted by Crippen LogP contribution is 2.37. The van der Waals surface area contributed by atoms with E-state index in [-0.39, 0.29) is 30.5 Å². The Hall–Kier alpha value is -1.57. The van der Waals surface area contributed by atoms with Crippen molar-refractivity contribution in [3.8, 4) is 0 Å². The summed E-state index contributed by atoms with van der Waals surface area (Å²) in [6.45, 7) is 1.46. The maximum atomic E-state index is 12.8. The summed E-state index contributed by atoms with van der Waals surface area (Å²) >= 11 is 0. The molecule has 0 amide bonds. The average molecular weight is 358 g/mol. The molecule has 5 nitrogen and oxygen atoms in total. The van der Waals surface area contributed by atoms with Gasteiger partial charge in [-0.05, 0) is 38.5 Å². The second-order valence-corrected chi connectivity index (χ2v) is 7.21. The summed E-state index contributed by atoms with van der Waals surface area (Å²) in [5.41, 5.74) is -0.117. The van der Waals surface area contributed by atoms with Gasteiger partial charge < -0.3 is 14.8 Å². The molecular formula is C17H25F3N4O. The maximum absolute atomic E-state index is 12.8. The van der Waals surface area contributed by atoms with E-state index in [1.54, 1.807) is 19.4 Å². The quantitative estimate of drug-likeness (QED) is 0.902. The number of alkyl halides is 3. The predicted molar refractivity (Wildman–Crippen MR) is 89.6 cm³/mol. The lowest BCUT2D eigenvalue weighted by Gasteiger charge is -2.38. The molecule has 8 heteroatoms. The van der Waals surface area contributed by atoms with Crippen molar-refractivity contribution in [2.24, 2.45) is 13.0 Å². The molecule has 25 heavy (non-hydrogen) atoms. The van der Waals surface area contributed by atoms with Gasteiger partial charge in [-0.25, -0.2) is 4.98 Å². The molecule has 0 aromatic carbocycles. The Morgan fingerprint density at radius 1 is 1.16 bits per heavy atom. The third kappa shape index (κ3) is 4.34. The van der Waals surface area contributed by atoms with Gasteiger partial charge in [-0.15, -0.1) is 0 Å². The molecule has 3 rings (SSSR count). The van der Waals surface area contributed by atoms with Crippen LogP contribution in [0.1, 0.15) is 38.5 Å².